The van der Waals surface area contributed by atoms with Crippen molar-refractivity contribution in [3.05, 3.63) is 34.1 Å². The Morgan fingerprint density at radius 1 is 1.43 bits per heavy atom. The summed E-state index contributed by atoms with van der Waals surface area (Å²) >= 11 is 3.29. The number of likely N-dealkylation sites (tertiary alicyclic amines) is 1. The molecule has 0 bridgehead atoms. The molecule has 1 aliphatic rings. The van der Waals surface area contributed by atoms with Gasteiger partial charge in [-0.05, 0) is 36.6 Å². The summed E-state index contributed by atoms with van der Waals surface area (Å²) in [6.45, 7) is 1.97. The van der Waals surface area contributed by atoms with Crippen LogP contribution in [0.4, 0.5) is 4.39 Å². The van der Waals surface area contributed by atoms with Gasteiger partial charge in [0, 0.05) is 31.2 Å². The molecule has 1 aromatic carbocycles. The van der Waals surface area contributed by atoms with Gasteiger partial charge in [0.1, 0.15) is 5.82 Å². The lowest BCUT2D eigenvalue weighted by Gasteiger charge is -2.33. The fourth-order valence-corrected chi connectivity index (χ4v) is 3.23. The van der Waals surface area contributed by atoms with E-state index in [2.05, 4.69) is 31.1 Å². The predicted octanol–water partition coefficient (Wildman–Crippen LogP) is 2.55. The molecule has 0 spiro atoms. The maximum Gasteiger partial charge on any atom is 0.308 e. The Morgan fingerprint density at radius 2 is 2.13 bits per heavy atom. The monoisotopic (exact) mass is 385 g/mol. The Hall–Kier alpha value is -1.63. The summed E-state index contributed by atoms with van der Waals surface area (Å²) in [5, 5.41) is 3.24. The highest BCUT2D eigenvalue weighted by Crippen LogP contribution is 2.19. The molecule has 23 heavy (non-hydrogen) atoms. The first-order valence-electron chi connectivity index (χ1n) is 7.52. The van der Waals surface area contributed by atoms with Crippen LogP contribution in [0, 0.1) is 11.7 Å². The summed E-state index contributed by atoms with van der Waals surface area (Å²) in [6.07, 6.45) is 1.50. The van der Waals surface area contributed by atoms with Crippen molar-refractivity contribution in [1.82, 2.24) is 10.2 Å². The summed E-state index contributed by atoms with van der Waals surface area (Å²) < 4.78 is 18.9. The number of hydrogen-bond donors (Lipinski definition) is 1. The largest absolute Gasteiger partial charge is 0.469 e. The number of esters is 1. The zero-order chi connectivity index (χ0) is 16.8. The normalized spacial score (nSPS) is 16.3. The van der Waals surface area contributed by atoms with Gasteiger partial charge in [-0.15, -0.1) is 0 Å². The van der Waals surface area contributed by atoms with E-state index in [9.17, 15) is 9.18 Å². The Balaban J connectivity index is 1.90. The number of aliphatic imine (C=N–C) groups is 1. The standard InChI is InChI=1S/C16H21BrFN3O2/c1-19-16(20-10-11-7-13(17)9-14(18)8-11)21-5-3-12(4-6-21)15(22)23-2/h7-9,12H,3-6,10H2,1-2H3,(H,19,20). The van der Waals surface area contributed by atoms with Crippen LogP contribution in [0.25, 0.3) is 0 Å². The number of methoxy groups -OCH3 is 1. The van der Waals surface area contributed by atoms with Gasteiger partial charge in [-0.3, -0.25) is 9.79 Å². The lowest BCUT2D eigenvalue weighted by atomic mass is 9.97. The number of guanidine groups is 1. The van der Waals surface area contributed by atoms with Crippen LogP contribution in [0.1, 0.15) is 18.4 Å². The third-order valence-electron chi connectivity index (χ3n) is 3.91. The van der Waals surface area contributed by atoms with Crippen LogP contribution in [0.15, 0.2) is 27.7 Å². The number of benzene rings is 1. The number of piperidine rings is 1. The molecule has 0 amide bonds. The molecule has 0 saturated carbocycles. The van der Waals surface area contributed by atoms with E-state index in [-0.39, 0.29) is 17.7 Å². The van der Waals surface area contributed by atoms with Gasteiger partial charge in [0.05, 0.1) is 13.0 Å². The van der Waals surface area contributed by atoms with Gasteiger partial charge in [-0.2, -0.15) is 0 Å². The molecule has 7 heteroatoms. The molecule has 1 fully saturated rings. The zero-order valence-electron chi connectivity index (χ0n) is 13.3. The molecule has 1 saturated heterocycles. The number of nitrogens with one attached hydrogen (secondary N) is 1. The number of halogens is 2. The van der Waals surface area contributed by atoms with Crippen molar-refractivity contribution in [2.24, 2.45) is 10.9 Å². The second-order valence-electron chi connectivity index (χ2n) is 5.46. The Labute approximate surface area is 144 Å². The van der Waals surface area contributed by atoms with Crippen molar-refractivity contribution in [2.75, 3.05) is 27.2 Å². The molecule has 1 aliphatic heterocycles. The lowest BCUT2D eigenvalue weighted by Crippen LogP contribution is -2.46. The summed E-state index contributed by atoms with van der Waals surface area (Å²) in [4.78, 5) is 17.9. The van der Waals surface area contributed by atoms with Gasteiger partial charge in [-0.1, -0.05) is 15.9 Å². The summed E-state index contributed by atoms with van der Waals surface area (Å²) in [5.41, 5.74) is 0.836. The Bertz CT molecular complexity index is 566. The van der Waals surface area contributed by atoms with Crippen LogP contribution >= 0.6 is 15.9 Å². The van der Waals surface area contributed by atoms with Crippen LogP contribution in [-0.2, 0) is 16.1 Å². The van der Waals surface area contributed by atoms with E-state index in [0.717, 1.165) is 37.5 Å². The SMILES string of the molecule is CN=C(NCc1cc(F)cc(Br)c1)N1CCC(C(=O)OC)CC1. The molecule has 0 aromatic heterocycles. The second-order valence-corrected chi connectivity index (χ2v) is 6.38. The molecule has 5 nitrogen and oxygen atoms in total. The molecule has 2 rings (SSSR count). The summed E-state index contributed by atoms with van der Waals surface area (Å²) in [6, 6.07) is 4.79. The Morgan fingerprint density at radius 3 is 2.70 bits per heavy atom. The zero-order valence-corrected chi connectivity index (χ0v) is 14.9. The van der Waals surface area contributed by atoms with Gasteiger partial charge < -0.3 is 15.0 Å². The highest BCUT2D eigenvalue weighted by molar-refractivity contribution is 9.10. The number of nitrogens with zero attached hydrogens (tertiary/aromatic N) is 2. The maximum atomic E-state index is 13.4. The smallest absolute Gasteiger partial charge is 0.308 e. The molecule has 1 N–H and O–H groups in total. The van der Waals surface area contributed by atoms with Gasteiger partial charge in [0.15, 0.2) is 5.96 Å². The highest BCUT2D eigenvalue weighted by atomic mass is 79.9. The molecule has 0 atom stereocenters. The minimum Gasteiger partial charge on any atom is -0.469 e. The van der Waals surface area contributed by atoms with Gasteiger partial charge >= 0.3 is 5.97 Å². The molecule has 0 radical (unpaired) electrons. The van der Waals surface area contributed by atoms with Crippen LogP contribution in [0.2, 0.25) is 0 Å². The van der Waals surface area contributed by atoms with Crippen molar-refractivity contribution >= 4 is 27.9 Å². The van der Waals surface area contributed by atoms with E-state index in [1.807, 2.05) is 6.07 Å². The number of hydrogen-bond acceptors (Lipinski definition) is 3. The average molecular weight is 386 g/mol. The van der Waals surface area contributed by atoms with E-state index in [4.69, 9.17) is 4.74 Å². The van der Waals surface area contributed by atoms with E-state index in [0.29, 0.717) is 11.0 Å². The molecule has 0 aliphatic carbocycles. The third kappa shape index (κ3) is 4.92. The molecule has 1 heterocycles. The quantitative estimate of drug-likeness (QED) is 0.493. The molecule has 126 valence electrons. The Kier molecular flexibility index (Phi) is 6.38. The number of rotatable bonds is 3. The average Bonchev–Trinajstić information content (AvgIpc) is 2.54. The third-order valence-corrected chi connectivity index (χ3v) is 4.37. The minimum absolute atomic E-state index is 0.0338. The van der Waals surface area contributed by atoms with E-state index in [1.165, 1.54) is 19.2 Å². The van der Waals surface area contributed by atoms with Crippen LogP contribution in [-0.4, -0.2) is 44.1 Å². The summed E-state index contributed by atoms with van der Waals surface area (Å²) in [5.74, 6) is 0.310. The van der Waals surface area contributed by atoms with Crippen molar-refractivity contribution < 1.29 is 13.9 Å². The van der Waals surface area contributed by atoms with Crippen molar-refractivity contribution in [1.29, 1.82) is 0 Å². The second kappa shape index (κ2) is 8.29. The number of carbonyl (C=O) groups excluding carboxylic acids is 1. The molecular formula is C16H21BrFN3O2. The number of ether oxygens (including phenoxy) is 1. The highest BCUT2D eigenvalue weighted by Gasteiger charge is 2.26. The van der Waals surface area contributed by atoms with Crippen molar-refractivity contribution in [2.45, 2.75) is 19.4 Å². The first-order chi connectivity index (χ1) is 11.0. The van der Waals surface area contributed by atoms with E-state index in [1.54, 1.807) is 7.05 Å². The van der Waals surface area contributed by atoms with Gasteiger partial charge in [0.25, 0.3) is 0 Å². The predicted molar refractivity (Wildman–Crippen MR) is 90.6 cm³/mol. The van der Waals surface area contributed by atoms with Gasteiger partial charge in [0.2, 0.25) is 0 Å². The summed E-state index contributed by atoms with van der Waals surface area (Å²) in [7, 11) is 3.14. The lowest BCUT2D eigenvalue weighted by molar-refractivity contribution is -0.146. The molecular weight excluding hydrogens is 365 g/mol. The first kappa shape index (κ1) is 17.7. The maximum absolute atomic E-state index is 13.4. The van der Waals surface area contributed by atoms with Crippen molar-refractivity contribution in [3.8, 4) is 0 Å². The topological polar surface area (TPSA) is 53.9 Å². The van der Waals surface area contributed by atoms with E-state index >= 15 is 0 Å². The van der Waals surface area contributed by atoms with E-state index < -0.39 is 0 Å². The fraction of sp³-hybridized carbons (Fsp3) is 0.500. The molecule has 0 unspecified atom stereocenters. The van der Waals surface area contributed by atoms with Crippen molar-refractivity contribution in [3.63, 3.8) is 0 Å². The fourth-order valence-electron chi connectivity index (χ4n) is 2.72. The first-order valence-corrected chi connectivity index (χ1v) is 8.31. The number of carbonyl (C=O) groups is 1. The van der Waals surface area contributed by atoms with Gasteiger partial charge in [-0.25, -0.2) is 4.39 Å². The molecule has 1 aromatic rings. The van der Waals surface area contributed by atoms with Crippen LogP contribution < -0.4 is 5.32 Å². The van der Waals surface area contributed by atoms with Crippen LogP contribution in [0.5, 0.6) is 0 Å². The van der Waals surface area contributed by atoms with Crippen LogP contribution in [0.3, 0.4) is 0 Å². The minimum atomic E-state index is -0.273.